The second-order valence-electron chi connectivity index (χ2n) is 7.46. The Morgan fingerprint density at radius 2 is 1.79 bits per heavy atom. The maximum absolute atomic E-state index is 10.0. The van der Waals surface area contributed by atoms with Gasteiger partial charge in [-0.1, -0.05) is 65.7 Å². The van der Waals surface area contributed by atoms with E-state index in [2.05, 4.69) is 41.4 Å². The molecule has 0 aliphatic heterocycles. The molecule has 5 nitrogen and oxygen atoms in total. The van der Waals surface area contributed by atoms with E-state index < -0.39 is 0 Å². The molecule has 0 amide bonds. The predicted octanol–water partition coefficient (Wildman–Crippen LogP) is 5.90. The molecule has 3 aromatic carbocycles. The van der Waals surface area contributed by atoms with Crippen molar-refractivity contribution < 1.29 is 39.8 Å². The summed E-state index contributed by atoms with van der Waals surface area (Å²) in [4.78, 5) is 14.5. The fourth-order valence-corrected chi connectivity index (χ4v) is 3.48. The van der Waals surface area contributed by atoms with Crippen molar-refractivity contribution in [2.45, 2.75) is 20.5 Å². The van der Waals surface area contributed by atoms with E-state index in [4.69, 9.17) is 9.84 Å². The summed E-state index contributed by atoms with van der Waals surface area (Å²) in [7, 11) is 1.65. The zero-order chi connectivity index (χ0) is 23.8. The minimum absolute atomic E-state index is 0. The van der Waals surface area contributed by atoms with Gasteiger partial charge in [0.15, 0.2) is 5.78 Å². The van der Waals surface area contributed by atoms with Gasteiger partial charge >= 0.3 is 0 Å². The van der Waals surface area contributed by atoms with Crippen LogP contribution in [0.2, 0.25) is 0 Å². The maximum atomic E-state index is 10.0. The molecule has 0 fully saturated rings. The van der Waals surface area contributed by atoms with Crippen molar-refractivity contribution in [2.75, 3.05) is 7.11 Å². The van der Waals surface area contributed by atoms with Gasteiger partial charge in [-0.05, 0) is 41.9 Å². The number of hydrogen-bond donors (Lipinski definition) is 2. The molecule has 34 heavy (non-hydrogen) atoms. The standard InChI is InChI=1S/C23H18NO2.C5H8O2.Ir/c1-26-18-9-10-21(23-13-16(15-25)11-12-24-23)22(14-18)20-8-4-6-17-5-2-3-7-19(17)20;1-4(6)3-5(2)7;/h2-9,11-14,25H,15H2,1H3;3,6H,1-2H3;/q-1;;/b;4-3-;. The normalized spacial score (nSPS) is 10.6. The fraction of sp³-hybridized carbons (Fsp3) is 0.143. The average Bonchev–Trinajstić information content (AvgIpc) is 2.83. The molecule has 0 aliphatic rings. The van der Waals surface area contributed by atoms with Crippen LogP contribution < -0.4 is 4.74 Å². The molecule has 1 aromatic heterocycles. The number of aromatic nitrogens is 1. The number of aliphatic hydroxyl groups is 2. The quantitative estimate of drug-likeness (QED) is 0.163. The molecule has 6 heteroatoms. The SMILES string of the molecule is CC(=O)/C=C(/C)O.COc1c[c-]c(-c2cc(CO)ccn2)c(-c2cccc3ccccc23)c1.[Ir]. The number of pyridine rings is 1. The number of methoxy groups -OCH3 is 1. The third kappa shape index (κ3) is 6.84. The number of allylic oxidation sites excluding steroid dienone is 2. The topological polar surface area (TPSA) is 79.7 Å². The van der Waals surface area contributed by atoms with Gasteiger partial charge in [0.25, 0.3) is 0 Å². The van der Waals surface area contributed by atoms with E-state index in [1.807, 2.05) is 36.4 Å². The molecule has 0 saturated heterocycles. The van der Waals surface area contributed by atoms with Crippen LogP contribution in [0, 0.1) is 6.07 Å². The average molecular weight is 633 g/mol. The van der Waals surface area contributed by atoms with Gasteiger partial charge in [-0.2, -0.15) is 0 Å². The minimum atomic E-state index is -0.125. The Bertz CT molecular complexity index is 1290. The second-order valence-corrected chi connectivity index (χ2v) is 7.46. The third-order valence-electron chi connectivity index (χ3n) is 4.91. The van der Waals surface area contributed by atoms with E-state index in [1.54, 1.807) is 13.3 Å². The van der Waals surface area contributed by atoms with Gasteiger partial charge in [-0.25, -0.2) is 0 Å². The Morgan fingerprint density at radius 3 is 2.44 bits per heavy atom. The third-order valence-corrected chi connectivity index (χ3v) is 4.91. The van der Waals surface area contributed by atoms with E-state index in [0.717, 1.165) is 39.1 Å². The van der Waals surface area contributed by atoms with Crippen LogP contribution in [0.25, 0.3) is 33.2 Å². The van der Waals surface area contributed by atoms with Crippen LogP contribution in [-0.2, 0) is 31.5 Å². The fourth-order valence-electron chi connectivity index (χ4n) is 3.48. The van der Waals surface area contributed by atoms with Crippen LogP contribution in [0.3, 0.4) is 0 Å². The molecule has 0 spiro atoms. The van der Waals surface area contributed by atoms with Crippen LogP contribution in [0.15, 0.2) is 84.8 Å². The molecule has 0 aliphatic carbocycles. The van der Waals surface area contributed by atoms with Crippen molar-refractivity contribution in [3.8, 4) is 28.1 Å². The summed E-state index contributed by atoms with van der Waals surface area (Å²) < 4.78 is 5.43. The van der Waals surface area contributed by atoms with Crippen LogP contribution in [-0.4, -0.2) is 28.1 Å². The van der Waals surface area contributed by atoms with E-state index in [-0.39, 0.29) is 38.3 Å². The van der Waals surface area contributed by atoms with Gasteiger partial charge < -0.3 is 19.9 Å². The molecule has 4 rings (SSSR count). The first-order chi connectivity index (χ1) is 15.9. The zero-order valence-corrected chi connectivity index (χ0v) is 21.6. The number of ether oxygens (including phenoxy) is 1. The summed E-state index contributed by atoms with van der Waals surface area (Å²) in [6, 6.07) is 25.4. The van der Waals surface area contributed by atoms with Crippen LogP contribution in [0.5, 0.6) is 5.75 Å². The zero-order valence-electron chi connectivity index (χ0n) is 19.2. The Balaban J connectivity index is 0.000000449. The summed E-state index contributed by atoms with van der Waals surface area (Å²) >= 11 is 0. The first-order valence-electron chi connectivity index (χ1n) is 10.4. The van der Waals surface area contributed by atoms with Crippen molar-refractivity contribution in [1.82, 2.24) is 4.98 Å². The van der Waals surface area contributed by atoms with Crippen molar-refractivity contribution in [3.63, 3.8) is 0 Å². The molecule has 1 radical (unpaired) electrons. The number of ketones is 1. The second kappa shape index (κ2) is 12.8. The molecule has 0 saturated carbocycles. The van der Waals surface area contributed by atoms with E-state index in [9.17, 15) is 9.90 Å². The molecular weight excluding hydrogens is 607 g/mol. The Labute approximate surface area is 213 Å². The van der Waals surface area contributed by atoms with Gasteiger partial charge in [0, 0.05) is 38.1 Å². The van der Waals surface area contributed by atoms with Gasteiger partial charge in [0.1, 0.15) is 0 Å². The summed E-state index contributed by atoms with van der Waals surface area (Å²) in [5, 5.41) is 20.2. The first kappa shape index (κ1) is 26.9. The number of aliphatic hydroxyl groups excluding tert-OH is 2. The summed E-state index contributed by atoms with van der Waals surface area (Å²) in [5.41, 5.74) is 4.59. The van der Waals surface area contributed by atoms with Crippen molar-refractivity contribution in [1.29, 1.82) is 0 Å². The summed E-state index contributed by atoms with van der Waals surface area (Å²) in [6.07, 6.45) is 2.88. The van der Waals surface area contributed by atoms with Crippen molar-refractivity contribution >= 4 is 16.6 Å². The van der Waals surface area contributed by atoms with E-state index >= 15 is 0 Å². The molecule has 0 bridgehead atoms. The summed E-state index contributed by atoms with van der Waals surface area (Å²) in [6.45, 7) is 2.83. The minimum Gasteiger partial charge on any atom is -0.540 e. The number of benzene rings is 3. The van der Waals surface area contributed by atoms with Crippen molar-refractivity contribution in [2.24, 2.45) is 0 Å². The van der Waals surface area contributed by atoms with Gasteiger partial charge in [0.05, 0.1) is 19.5 Å². The van der Waals surface area contributed by atoms with Crippen molar-refractivity contribution in [3.05, 3.63) is 96.4 Å². The Kier molecular flexibility index (Phi) is 10.1. The number of hydrogen-bond acceptors (Lipinski definition) is 5. The molecule has 177 valence electrons. The molecule has 4 aromatic rings. The van der Waals surface area contributed by atoms with Gasteiger partial charge in [-0.3, -0.25) is 4.79 Å². The first-order valence-corrected chi connectivity index (χ1v) is 10.4. The number of carbonyl (C=O) groups is 1. The predicted molar refractivity (Wildman–Crippen MR) is 131 cm³/mol. The number of rotatable bonds is 5. The van der Waals surface area contributed by atoms with E-state index in [1.165, 1.54) is 25.3 Å². The molecule has 0 unspecified atom stereocenters. The van der Waals surface area contributed by atoms with Crippen LogP contribution in [0.1, 0.15) is 19.4 Å². The largest absolute Gasteiger partial charge is 0.540 e. The molecule has 0 atom stereocenters. The summed E-state index contributed by atoms with van der Waals surface area (Å²) in [5.74, 6) is 0.683. The molecular formula is C28H26IrNO4-. The number of carbonyl (C=O) groups excluding carboxylic acids is 1. The van der Waals surface area contributed by atoms with Gasteiger partial charge in [-0.15, -0.1) is 17.7 Å². The van der Waals surface area contributed by atoms with Gasteiger partial charge in [0.2, 0.25) is 0 Å². The molecule has 2 N–H and O–H groups in total. The molecule has 1 heterocycles. The smallest absolute Gasteiger partial charge is 0.155 e. The Hall–Kier alpha value is -3.31. The van der Waals surface area contributed by atoms with Crippen LogP contribution >= 0.6 is 0 Å². The number of fused-ring (bicyclic) bond motifs is 1. The van der Waals surface area contributed by atoms with Crippen LogP contribution in [0.4, 0.5) is 0 Å². The van der Waals surface area contributed by atoms with E-state index in [0.29, 0.717) is 0 Å². The Morgan fingerprint density at radius 1 is 1.06 bits per heavy atom. The number of nitrogens with zero attached hydrogens (tertiary/aromatic N) is 1. The monoisotopic (exact) mass is 633 g/mol. The maximum Gasteiger partial charge on any atom is 0.155 e.